The van der Waals surface area contributed by atoms with Crippen molar-refractivity contribution < 1.29 is 23.8 Å². The van der Waals surface area contributed by atoms with Crippen LogP contribution in [-0.4, -0.2) is 32.6 Å². The molecule has 1 aliphatic rings. The molecule has 1 aromatic carbocycles. The largest absolute Gasteiger partial charge is 0.493 e. The van der Waals surface area contributed by atoms with Crippen molar-refractivity contribution in [3.63, 3.8) is 0 Å². The maximum absolute atomic E-state index is 12.2. The van der Waals surface area contributed by atoms with Gasteiger partial charge in [0.15, 0.2) is 17.3 Å². The van der Waals surface area contributed by atoms with E-state index in [1.165, 1.54) is 14.2 Å². The predicted octanol–water partition coefficient (Wildman–Crippen LogP) is 1.45. The Bertz CT molecular complexity index is 480. The van der Waals surface area contributed by atoms with Gasteiger partial charge in [0.1, 0.15) is 0 Å². The van der Waals surface area contributed by atoms with Gasteiger partial charge < -0.3 is 14.2 Å². The maximum Gasteiger partial charge on any atom is 0.306 e. The Morgan fingerprint density at radius 3 is 2.89 bits per heavy atom. The lowest BCUT2D eigenvalue weighted by Crippen LogP contribution is -2.30. The summed E-state index contributed by atoms with van der Waals surface area (Å²) in [5.74, 6) is -0.0376. The first-order valence-corrected chi connectivity index (χ1v) is 5.58. The van der Waals surface area contributed by atoms with Crippen LogP contribution in [0.15, 0.2) is 18.2 Å². The molecule has 1 atom stereocenters. The van der Waals surface area contributed by atoms with Gasteiger partial charge >= 0.3 is 5.97 Å². The molecule has 1 unspecified atom stereocenters. The third kappa shape index (κ3) is 2.16. The van der Waals surface area contributed by atoms with Gasteiger partial charge in [-0.05, 0) is 12.1 Å². The van der Waals surface area contributed by atoms with E-state index >= 15 is 0 Å². The van der Waals surface area contributed by atoms with Crippen LogP contribution in [0.4, 0.5) is 0 Å². The number of ether oxygens (including phenoxy) is 3. The average molecular weight is 250 g/mol. The van der Waals surface area contributed by atoms with E-state index in [2.05, 4.69) is 4.74 Å². The first-order valence-electron chi connectivity index (χ1n) is 5.58. The molecular formula is C13H14O5. The highest BCUT2D eigenvalue weighted by atomic mass is 16.5. The number of benzene rings is 1. The Labute approximate surface area is 105 Å². The van der Waals surface area contributed by atoms with E-state index in [1.807, 2.05) is 0 Å². The zero-order chi connectivity index (χ0) is 13.1. The number of hydrogen-bond donors (Lipinski definition) is 0. The highest BCUT2D eigenvalue weighted by Gasteiger charge is 2.32. The summed E-state index contributed by atoms with van der Waals surface area (Å²) in [5.41, 5.74) is 0.453. The van der Waals surface area contributed by atoms with Gasteiger partial charge in [0, 0.05) is 0 Å². The Kier molecular flexibility index (Phi) is 3.50. The summed E-state index contributed by atoms with van der Waals surface area (Å²) >= 11 is 0. The minimum atomic E-state index is -0.489. The van der Waals surface area contributed by atoms with E-state index in [4.69, 9.17) is 9.47 Å². The zero-order valence-corrected chi connectivity index (χ0v) is 10.3. The third-order valence-electron chi connectivity index (χ3n) is 2.90. The Morgan fingerprint density at radius 1 is 1.44 bits per heavy atom. The van der Waals surface area contributed by atoms with E-state index in [0.717, 1.165) is 0 Å². The number of fused-ring (bicyclic) bond motifs is 1. The van der Waals surface area contributed by atoms with Crippen molar-refractivity contribution in [2.24, 2.45) is 5.92 Å². The number of rotatable bonds is 3. The molecular weight excluding hydrogens is 236 g/mol. The summed E-state index contributed by atoms with van der Waals surface area (Å²) in [6.07, 6.45) is 0.0337. The summed E-state index contributed by atoms with van der Waals surface area (Å²) < 4.78 is 15.2. The van der Waals surface area contributed by atoms with Gasteiger partial charge in [0.05, 0.1) is 38.7 Å². The van der Waals surface area contributed by atoms with Crippen molar-refractivity contribution >= 4 is 11.8 Å². The van der Waals surface area contributed by atoms with Crippen molar-refractivity contribution in [2.45, 2.75) is 6.42 Å². The topological polar surface area (TPSA) is 61.8 Å². The molecule has 2 rings (SSSR count). The van der Waals surface area contributed by atoms with Gasteiger partial charge in [-0.3, -0.25) is 9.59 Å². The fourth-order valence-corrected chi connectivity index (χ4v) is 1.94. The Morgan fingerprint density at radius 2 is 2.22 bits per heavy atom. The van der Waals surface area contributed by atoms with Gasteiger partial charge in [0.25, 0.3) is 0 Å². The lowest BCUT2D eigenvalue weighted by Gasteiger charge is -2.24. The third-order valence-corrected chi connectivity index (χ3v) is 2.90. The molecule has 5 heteroatoms. The fourth-order valence-electron chi connectivity index (χ4n) is 1.94. The molecule has 96 valence electrons. The van der Waals surface area contributed by atoms with Crippen molar-refractivity contribution in [3.05, 3.63) is 23.8 Å². The molecule has 1 aromatic rings. The summed E-state index contributed by atoms with van der Waals surface area (Å²) in [7, 11) is 2.82. The number of carbonyl (C=O) groups is 2. The van der Waals surface area contributed by atoms with E-state index in [9.17, 15) is 9.59 Å². The number of Topliss-reactive ketones (excluding diaryl/α,β-unsaturated/α-hetero) is 1. The average Bonchev–Trinajstić information content (AvgIpc) is 2.41. The van der Waals surface area contributed by atoms with Crippen LogP contribution < -0.4 is 9.47 Å². The van der Waals surface area contributed by atoms with E-state index < -0.39 is 11.9 Å². The molecule has 18 heavy (non-hydrogen) atoms. The molecule has 0 bridgehead atoms. The van der Waals surface area contributed by atoms with Crippen LogP contribution in [0.5, 0.6) is 11.5 Å². The first-order chi connectivity index (χ1) is 8.67. The highest BCUT2D eigenvalue weighted by molar-refractivity contribution is 6.03. The Hall–Kier alpha value is -2.04. The molecule has 0 saturated heterocycles. The van der Waals surface area contributed by atoms with Gasteiger partial charge in [-0.25, -0.2) is 0 Å². The van der Waals surface area contributed by atoms with Gasteiger partial charge in [-0.15, -0.1) is 0 Å². The summed E-state index contributed by atoms with van der Waals surface area (Å²) in [6, 6.07) is 5.12. The van der Waals surface area contributed by atoms with Crippen LogP contribution in [0.3, 0.4) is 0 Å². The van der Waals surface area contributed by atoms with Crippen molar-refractivity contribution in [1.82, 2.24) is 0 Å². The number of para-hydroxylation sites is 1. The normalized spacial score (nSPS) is 17.7. The molecule has 1 aliphatic heterocycles. The number of esters is 1. The monoisotopic (exact) mass is 250 g/mol. The van der Waals surface area contributed by atoms with Crippen molar-refractivity contribution in [3.8, 4) is 11.5 Å². The van der Waals surface area contributed by atoms with Crippen molar-refractivity contribution in [2.75, 3.05) is 20.8 Å². The minimum absolute atomic E-state index is 0.0337. The molecule has 0 aromatic heterocycles. The van der Waals surface area contributed by atoms with E-state index in [0.29, 0.717) is 17.1 Å². The lowest BCUT2D eigenvalue weighted by atomic mass is 9.92. The Balaban J connectivity index is 2.26. The molecule has 0 aliphatic carbocycles. The lowest BCUT2D eigenvalue weighted by molar-refractivity contribution is -0.141. The predicted molar refractivity (Wildman–Crippen MR) is 62.9 cm³/mol. The fraction of sp³-hybridized carbons (Fsp3) is 0.385. The minimum Gasteiger partial charge on any atom is -0.493 e. The van der Waals surface area contributed by atoms with Gasteiger partial charge in [-0.2, -0.15) is 0 Å². The van der Waals surface area contributed by atoms with Crippen LogP contribution in [0, 0.1) is 5.92 Å². The number of carbonyl (C=O) groups excluding carboxylic acids is 2. The standard InChI is InChI=1S/C13H14O5/c1-16-10-5-3-4-9-12(15)8(6-11(14)17-2)7-18-13(9)10/h3-5,8H,6-7H2,1-2H3. The maximum atomic E-state index is 12.2. The molecule has 0 amide bonds. The molecule has 0 fully saturated rings. The van der Waals surface area contributed by atoms with E-state index in [-0.39, 0.29) is 18.8 Å². The van der Waals surface area contributed by atoms with Gasteiger partial charge in [0.2, 0.25) is 0 Å². The van der Waals surface area contributed by atoms with Crippen molar-refractivity contribution in [1.29, 1.82) is 0 Å². The molecule has 0 N–H and O–H groups in total. The van der Waals surface area contributed by atoms with Crippen LogP contribution >= 0.6 is 0 Å². The van der Waals surface area contributed by atoms with Crippen LogP contribution in [0.1, 0.15) is 16.8 Å². The van der Waals surface area contributed by atoms with E-state index in [1.54, 1.807) is 18.2 Å². The second kappa shape index (κ2) is 5.08. The van der Waals surface area contributed by atoms with Crippen LogP contribution in [-0.2, 0) is 9.53 Å². The molecule has 5 nitrogen and oxygen atoms in total. The zero-order valence-electron chi connectivity index (χ0n) is 10.3. The van der Waals surface area contributed by atoms with Gasteiger partial charge in [-0.1, -0.05) is 6.07 Å². The summed E-state index contributed by atoms with van der Waals surface area (Å²) in [6.45, 7) is 0.168. The molecule has 0 saturated carbocycles. The quantitative estimate of drug-likeness (QED) is 0.760. The second-order valence-corrected chi connectivity index (χ2v) is 3.99. The van der Waals surface area contributed by atoms with Crippen LogP contribution in [0.25, 0.3) is 0 Å². The second-order valence-electron chi connectivity index (χ2n) is 3.99. The number of ketones is 1. The number of hydrogen-bond acceptors (Lipinski definition) is 5. The molecule has 1 heterocycles. The molecule has 0 radical (unpaired) electrons. The van der Waals surface area contributed by atoms with Crippen LogP contribution in [0.2, 0.25) is 0 Å². The highest BCUT2D eigenvalue weighted by Crippen LogP contribution is 2.36. The SMILES string of the molecule is COC(=O)CC1COc2c(OC)cccc2C1=O. The summed E-state index contributed by atoms with van der Waals surface area (Å²) in [4.78, 5) is 23.4. The summed E-state index contributed by atoms with van der Waals surface area (Å²) in [5, 5.41) is 0. The number of methoxy groups -OCH3 is 2. The smallest absolute Gasteiger partial charge is 0.306 e. The molecule has 0 spiro atoms. The first kappa shape index (κ1) is 12.4.